The van der Waals surface area contributed by atoms with Gasteiger partial charge >= 0.3 is 0 Å². The number of ketones is 1. The molecule has 7 nitrogen and oxygen atoms in total. The first-order valence-electron chi connectivity index (χ1n) is 12.7. The molecule has 1 N–H and O–H groups in total. The van der Waals surface area contributed by atoms with Crippen molar-refractivity contribution >= 4 is 17.4 Å². The zero-order chi connectivity index (χ0) is 27.0. The van der Waals surface area contributed by atoms with Crippen molar-refractivity contribution in [2.75, 3.05) is 13.4 Å². The molecule has 1 unspecified atom stereocenters. The van der Waals surface area contributed by atoms with E-state index in [2.05, 4.69) is 20.8 Å². The number of hydrogen-bond donors (Lipinski definition) is 1. The Bertz CT molecular complexity index is 1420. The number of fused-ring (bicyclic) bond motifs is 1. The van der Waals surface area contributed by atoms with E-state index in [-0.39, 0.29) is 30.1 Å². The standard InChI is InChI=1S/C31H31NO6/c1-5-36-23-8-6-7-19(15-23)17-32-27(20-9-12-22(13-10-20)31(2,3)4)26(29(34)30(32)35)28(33)21-11-14-24-25(16-21)38-18-37-24/h6-16,27,33H,5,17-18H2,1-4H3/b28-26-. The Kier molecular flexibility index (Phi) is 6.61. The van der Waals surface area contributed by atoms with E-state index in [1.807, 2.05) is 55.5 Å². The summed E-state index contributed by atoms with van der Waals surface area (Å²) in [6.07, 6.45) is 0. The Morgan fingerprint density at radius 3 is 2.45 bits per heavy atom. The van der Waals surface area contributed by atoms with Crippen LogP contribution in [0.2, 0.25) is 0 Å². The molecule has 3 aromatic rings. The first-order chi connectivity index (χ1) is 18.2. The molecule has 2 aliphatic rings. The maximum Gasteiger partial charge on any atom is 0.295 e. The number of aliphatic hydroxyl groups excluding tert-OH is 1. The minimum atomic E-state index is -0.773. The number of ether oxygens (including phenoxy) is 3. The van der Waals surface area contributed by atoms with Gasteiger partial charge in [0.25, 0.3) is 11.7 Å². The fourth-order valence-electron chi connectivity index (χ4n) is 4.85. The predicted molar refractivity (Wildman–Crippen MR) is 143 cm³/mol. The average Bonchev–Trinajstić information content (AvgIpc) is 3.46. The fourth-order valence-corrected chi connectivity index (χ4v) is 4.85. The number of rotatable bonds is 6. The van der Waals surface area contributed by atoms with Crippen LogP contribution in [0, 0.1) is 0 Å². The lowest BCUT2D eigenvalue weighted by molar-refractivity contribution is -0.140. The molecule has 2 heterocycles. The Labute approximate surface area is 222 Å². The van der Waals surface area contributed by atoms with Crippen LogP contribution < -0.4 is 14.2 Å². The van der Waals surface area contributed by atoms with E-state index in [1.165, 1.54) is 4.90 Å². The largest absolute Gasteiger partial charge is 0.507 e. The van der Waals surface area contributed by atoms with Gasteiger partial charge in [0.1, 0.15) is 11.5 Å². The minimum absolute atomic E-state index is 0.0401. The number of hydrogen-bond acceptors (Lipinski definition) is 6. The summed E-state index contributed by atoms with van der Waals surface area (Å²) >= 11 is 0. The second kappa shape index (κ2) is 9.89. The summed E-state index contributed by atoms with van der Waals surface area (Å²) in [7, 11) is 0. The van der Waals surface area contributed by atoms with Gasteiger partial charge < -0.3 is 24.2 Å². The monoisotopic (exact) mass is 513 g/mol. The van der Waals surface area contributed by atoms with E-state index in [0.29, 0.717) is 29.4 Å². The molecule has 0 bridgehead atoms. The van der Waals surface area contributed by atoms with Gasteiger partial charge in [-0.15, -0.1) is 0 Å². The highest BCUT2D eigenvalue weighted by molar-refractivity contribution is 6.46. The SMILES string of the molecule is CCOc1cccc(CN2C(=O)C(=O)/C(=C(\O)c3ccc4c(c3)OCO4)C2c2ccc(C(C)(C)C)cc2)c1. The Morgan fingerprint density at radius 1 is 1.00 bits per heavy atom. The van der Waals surface area contributed by atoms with Gasteiger partial charge in [0.15, 0.2) is 11.5 Å². The van der Waals surface area contributed by atoms with Crippen molar-refractivity contribution in [3.63, 3.8) is 0 Å². The molecule has 38 heavy (non-hydrogen) atoms. The van der Waals surface area contributed by atoms with Crippen molar-refractivity contribution in [3.05, 3.63) is 94.6 Å². The molecule has 0 aromatic heterocycles. The highest BCUT2D eigenvalue weighted by Crippen LogP contribution is 2.42. The Hall–Kier alpha value is -4.26. The summed E-state index contributed by atoms with van der Waals surface area (Å²) in [5.41, 5.74) is 3.03. The van der Waals surface area contributed by atoms with Crippen LogP contribution in [0.4, 0.5) is 0 Å². The maximum absolute atomic E-state index is 13.4. The van der Waals surface area contributed by atoms with E-state index in [1.54, 1.807) is 18.2 Å². The van der Waals surface area contributed by atoms with E-state index in [9.17, 15) is 14.7 Å². The number of amides is 1. The predicted octanol–water partition coefficient (Wildman–Crippen LogP) is 5.73. The van der Waals surface area contributed by atoms with Crippen LogP contribution in [0.5, 0.6) is 17.2 Å². The second-order valence-electron chi connectivity index (χ2n) is 10.4. The van der Waals surface area contributed by atoms with Crippen LogP contribution in [0.15, 0.2) is 72.3 Å². The minimum Gasteiger partial charge on any atom is -0.507 e. The Morgan fingerprint density at radius 2 is 1.74 bits per heavy atom. The number of benzene rings is 3. The molecule has 1 amide bonds. The summed E-state index contributed by atoms with van der Waals surface area (Å²) in [5.74, 6) is 0.0720. The number of carbonyl (C=O) groups excluding carboxylic acids is 2. The zero-order valence-electron chi connectivity index (χ0n) is 22.0. The van der Waals surface area contributed by atoms with Crippen molar-refractivity contribution < 1.29 is 28.9 Å². The molecular formula is C31H31NO6. The van der Waals surface area contributed by atoms with Gasteiger partial charge in [-0.3, -0.25) is 9.59 Å². The maximum atomic E-state index is 13.4. The van der Waals surface area contributed by atoms with Crippen LogP contribution >= 0.6 is 0 Å². The van der Waals surface area contributed by atoms with Gasteiger partial charge in [0.2, 0.25) is 6.79 Å². The summed E-state index contributed by atoms with van der Waals surface area (Å²) in [6, 6.07) is 19.5. The summed E-state index contributed by atoms with van der Waals surface area (Å²) < 4.78 is 16.5. The molecule has 5 rings (SSSR count). The molecule has 196 valence electrons. The lowest BCUT2D eigenvalue weighted by Gasteiger charge is -2.27. The molecule has 0 spiro atoms. The van der Waals surface area contributed by atoms with Gasteiger partial charge in [-0.1, -0.05) is 57.2 Å². The lowest BCUT2D eigenvalue weighted by atomic mass is 9.85. The molecule has 1 atom stereocenters. The number of likely N-dealkylation sites (tertiary alicyclic amines) is 1. The third-order valence-corrected chi connectivity index (χ3v) is 6.84. The quantitative estimate of drug-likeness (QED) is 0.257. The van der Waals surface area contributed by atoms with E-state index >= 15 is 0 Å². The van der Waals surface area contributed by atoms with Crippen molar-refractivity contribution in [3.8, 4) is 17.2 Å². The van der Waals surface area contributed by atoms with Gasteiger partial charge in [-0.25, -0.2) is 0 Å². The lowest BCUT2D eigenvalue weighted by Crippen LogP contribution is -2.29. The summed E-state index contributed by atoms with van der Waals surface area (Å²) in [4.78, 5) is 28.4. The van der Waals surface area contributed by atoms with Crippen molar-refractivity contribution in [2.24, 2.45) is 0 Å². The third-order valence-electron chi connectivity index (χ3n) is 6.84. The van der Waals surface area contributed by atoms with E-state index < -0.39 is 17.7 Å². The van der Waals surface area contributed by atoms with Crippen LogP contribution in [-0.2, 0) is 21.5 Å². The second-order valence-corrected chi connectivity index (χ2v) is 10.4. The van der Waals surface area contributed by atoms with Crippen LogP contribution in [-0.4, -0.2) is 35.1 Å². The van der Waals surface area contributed by atoms with Gasteiger partial charge in [0.05, 0.1) is 18.2 Å². The molecule has 1 fully saturated rings. The van der Waals surface area contributed by atoms with E-state index in [4.69, 9.17) is 14.2 Å². The number of Topliss-reactive ketones (excluding diaryl/α,β-unsaturated/α-hetero) is 1. The smallest absolute Gasteiger partial charge is 0.295 e. The van der Waals surface area contributed by atoms with E-state index in [0.717, 1.165) is 16.7 Å². The molecule has 2 aliphatic heterocycles. The Balaban J connectivity index is 1.61. The molecule has 0 radical (unpaired) electrons. The fraction of sp³-hybridized carbons (Fsp3) is 0.290. The highest BCUT2D eigenvalue weighted by Gasteiger charge is 2.46. The summed E-state index contributed by atoms with van der Waals surface area (Å²) in [6.45, 7) is 9.06. The number of nitrogens with zero attached hydrogens (tertiary/aromatic N) is 1. The first-order valence-corrected chi connectivity index (χ1v) is 12.7. The van der Waals surface area contributed by atoms with Crippen molar-refractivity contribution in [2.45, 2.75) is 45.7 Å². The topological polar surface area (TPSA) is 85.3 Å². The first kappa shape index (κ1) is 25.4. The van der Waals surface area contributed by atoms with Crippen molar-refractivity contribution in [1.82, 2.24) is 4.90 Å². The molecular weight excluding hydrogens is 482 g/mol. The zero-order valence-corrected chi connectivity index (χ0v) is 22.0. The van der Waals surface area contributed by atoms with Crippen LogP contribution in [0.25, 0.3) is 5.76 Å². The number of aliphatic hydroxyl groups is 1. The third kappa shape index (κ3) is 4.72. The van der Waals surface area contributed by atoms with Crippen LogP contribution in [0.3, 0.4) is 0 Å². The van der Waals surface area contributed by atoms with Crippen LogP contribution in [0.1, 0.15) is 56.0 Å². The van der Waals surface area contributed by atoms with Crippen molar-refractivity contribution in [1.29, 1.82) is 0 Å². The molecule has 1 saturated heterocycles. The molecule has 0 saturated carbocycles. The average molecular weight is 514 g/mol. The molecule has 3 aromatic carbocycles. The normalized spacial score (nSPS) is 18.2. The van der Waals surface area contributed by atoms with Gasteiger partial charge in [0, 0.05) is 12.1 Å². The highest BCUT2D eigenvalue weighted by atomic mass is 16.7. The molecule has 7 heteroatoms. The van der Waals surface area contributed by atoms with Gasteiger partial charge in [-0.05, 0) is 59.4 Å². The number of carbonyl (C=O) groups is 2. The molecule has 0 aliphatic carbocycles. The van der Waals surface area contributed by atoms with Gasteiger partial charge in [-0.2, -0.15) is 0 Å². The summed E-state index contributed by atoms with van der Waals surface area (Å²) in [5, 5.41) is 11.4.